The molecule has 77 heavy (non-hydrogen) atoms. The van der Waals surface area contributed by atoms with Gasteiger partial charge in [0.05, 0.1) is 34.4 Å². The van der Waals surface area contributed by atoms with E-state index in [1.54, 1.807) is 0 Å². The molecule has 0 bridgehead atoms. The third-order valence-corrected chi connectivity index (χ3v) is 13.0. The van der Waals surface area contributed by atoms with Crippen molar-refractivity contribution in [1.29, 1.82) is 0 Å². The fourth-order valence-electron chi connectivity index (χ4n) is 8.26. The summed E-state index contributed by atoms with van der Waals surface area (Å²) in [5, 5.41) is 9.71. The minimum Gasteiger partial charge on any atom is -0.477 e. The molecule has 0 aromatic rings. The first-order valence-electron chi connectivity index (χ1n) is 31.1. The standard InChI is InChI=1S/C68H115NO8/c1-6-8-10-12-14-16-18-20-22-24-25-26-27-28-29-30-31-32-33-34-35-36-37-38-39-40-41-43-45-47-49-51-53-55-57-59-66(71)77-64(63-76-68(67(72)73)74-61-60-69(3,4)5)62-75-65(70)58-56-54-52-50-48-46-44-42-23-21-19-17-15-13-11-9-7-2/h8,10,14-17,20-23,25-26,28-29,31-32,34-35,64,68H,6-7,9,11-13,18-19,24,27,30,33,36-63H2,1-5H3/p+1/b10-8-,16-14-,17-15-,22-20-,23-21-,26-25-,29-28-,32-31-,35-34-. The summed E-state index contributed by atoms with van der Waals surface area (Å²) in [6.07, 6.45) is 77.4. The second-order valence-electron chi connectivity index (χ2n) is 21.6. The van der Waals surface area contributed by atoms with Gasteiger partial charge in [0.2, 0.25) is 0 Å². The zero-order valence-corrected chi connectivity index (χ0v) is 50.1. The van der Waals surface area contributed by atoms with E-state index >= 15 is 0 Å². The van der Waals surface area contributed by atoms with Crippen LogP contribution in [0.2, 0.25) is 0 Å². The first-order chi connectivity index (χ1) is 37.6. The van der Waals surface area contributed by atoms with Crippen molar-refractivity contribution in [3.8, 4) is 0 Å². The highest BCUT2D eigenvalue weighted by molar-refractivity contribution is 5.71. The fourth-order valence-corrected chi connectivity index (χ4v) is 8.26. The van der Waals surface area contributed by atoms with Gasteiger partial charge in [0.25, 0.3) is 6.29 Å². The topological polar surface area (TPSA) is 108 Å². The van der Waals surface area contributed by atoms with Crippen molar-refractivity contribution in [2.24, 2.45) is 0 Å². The number of likely N-dealkylation sites (N-methyl/N-ethyl adjacent to an activating group) is 1. The number of hydrogen-bond donors (Lipinski definition) is 1. The van der Waals surface area contributed by atoms with E-state index in [2.05, 4.69) is 123 Å². The summed E-state index contributed by atoms with van der Waals surface area (Å²) in [6.45, 7) is 4.73. The molecular weight excluding hydrogens is 959 g/mol. The van der Waals surface area contributed by atoms with Gasteiger partial charge in [-0.25, -0.2) is 4.79 Å². The number of ether oxygens (including phenoxy) is 4. The van der Waals surface area contributed by atoms with Gasteiger partial charge in [0, 0.05) is 12.8 Å². The maximum atomic E-state index is 12.9. The molecule has 0 aromatic carbocycles. The summed E-state index contributed by atoms with van der Waals surface area (Å²) in [7, 11) is 5.96. The Morgan fingerprint density at radius 1 is 0.403 bits per heavy atom. The Morgan fingerprint density at radius 3 is 1.10 bits per heavy atom. The van der Waals surface area contributed by atoms with Crippen LogP contribution >= 0.6 is 0 Å². The van der Waals surface area contributed by atoms with Crippen LogP contribution in [0.4, 0.5) is 0 Å². The molecule has 0 rings (SSSR count). The highest BCUT2D eigenvalue weighted by Gasteiger charge is 2.25. The van der Waals surface area contributed by atoms with E-state index in [4.69, 9.17) is 18.9 Å². The molecule has 0 fully saturated rings. The van der Waals surface area contributed by atoms with Crippen molar-refractivity contribution < 1.29 is 42.9 Å². The zero-order valence-electron chi connectivity index (χ0n) is 50.1. The van der Waals surface area contributed by atoms with Gasteiger partial charge in [-0.05, 0) is 103 Å². The molecule has 9 nitrogen and oxygen atoms in total. The molecule has 0 heterocycles. The third-order valence-electron chi connectivity index (χ3n) is 13.0. The molecule has 9 heteroatoms. The largest absolute Gasteiger partial charge is 0.477 e. The molecule has 0 amide bonds. The van der Waals surface area contributed by atoms with E-state index in [0.29, 0.717) is 17.4 Å². The summed E-state index contributed by atoms with van der Waals surface area (Å²) in [5.41, 5.74) is 0. The first kappa shape index (κ1) is 73.0. The average molecular weight is 1080 g/mol. The number of carboxylic acid groups (broad SMARTS) is 1. The van der Waals surface area contributed by atoms with E-state index in [-0.39, 0.29) is 38.6 Å². The van der Waals surface area contributed by atoms with Gasteiger partial charge in [0.1, 0.15) is 13.2 Å². The number of carboxylic acids is 1. The molecular formula is C68H116NO8+. The first-order valence-corrected chi connectivity index (χ1v) is 31.1. The number of nitrogens with zero attached hydrogens (tertiary/aromatic N) is 1. The minimum atomic E-state index is -1.52. The Labute approximate surface area is 473 Å². The van der Waals surface area contributed by atoms with Crippen LogP contribution in [0, 0.1) is 0 Å². The Hall–Kier alpha value is -4.05. The van der Waals surface area contributed by atoms with Gasteiger partial charge in [-0.1, -0.05) is 239 Å². The highest BCUT2D eigenvalue weighted by atomic mass is 16.7. The van der Waals surface area contributed by atoms with Crippen LogP contribution in [-0.2, 0) is 33.3 Å². The van der Waals surface area contributed by atoms with Crippen molar-refractivity contribution in [2.45, 2.75) is 257 Å². The van der Waals surface area contributed by atoms with Gasteiger partial charge in [-0.3, -0.25) is 9.59 Å². The number of unbranched alkanes of at least 4 members (excludes halogenated alkanes) is 23. The number of aliphatic carboxylic acids is 1. The lowest BCUT2D eigenvalue weighted by Gasteiger charge is -2.25. The Kier molecular flexibility index (Phi) is 55.1. The maximum Gasteiger partial charge on any atom is 0.361 e. The van der Waals surface area contributed by atoms with Crippen LogP contribution in [0.3, 0.4) is 0 Å². The van der Waals surface area contributed by atoms with E-state index in [1.807, 2.05) is 21.1 Å². The second kappa shape index (κ2) is 58.1. The Balaban J connectivity index is 4.16. The molecule has 0 radical (unpaired) electrons. The summed E-state index contributed by atoms with van der Waals surface area (Å²) in [5.74, 6) is -2.02. The summed E-state index contributed by atoms with van der Waals surface area (Å²) in [6, 6.07) is 0. The third kappa shape index (κ3) is 59.5. The Morgan fingerprint density at radius 2 is 0.740 bits per heavy atom. The lowest BCUT2D eigenvalue weighted by Crippen LogP contribution is -2.40. The van der Waals surface area contributed by atoms with Gasteiger partial charge in [0.15, 0.2) is 6.10 Å². The summed E-state index contributed by atoms with van der Waals surface area (Å²) < 4.78 is 22.9. The molecule has 0 aliphatic heterocycles. The molecule has 440 valence electrons. The molecule has 0 saturated carbocycles. The predicted molar refractivity (Wildman–Crippen MR) is 327 cm³/mol. The number of rotatable bonds is 56. The Bertz CT molecular complexity index is 1630. The molecule has 1 N–H and O–H groups in total. The summed E-state index contributed by atoms with van der Waals surface area (Å²) >= 11 is 0. The van der Waals surface area contributed by atoms with E-state index in [9.17, 15) is 19.5 Å². The second-order valence-corrected chi connectivity index (χ2v) is 21.6. The maximum absolute atomic E-state index is 12.9. The van der Waals surface area contributed by atoms with Crippen LogP contribution in [0.5, 0.6) is 0 Å². The normalized spacial score (nSPS) is 13.5. The lowest BCUT2D eigenvalue weighted by molar-refractivity contribution is -0.870. The number of hydrogen-bond acceptors (Lipinski definition) is 7. The summed E-state index contributed by atoms with van der Waals surface area (Å²) in [4.78, 5) is 37.5. The predicted octanol–water partition coefficient (Wildman–Crippen LogP) is 18.7. The molecule has 0 spiro atoms. The monoisotopic (exact) mass is 1070 g/mol. The van der Waals surface area contributed by atoms with Crippen LogP contribution < -0.4 is 0 Å². The zero-order chi connectivity index (χ0) is 56.2. The highest BCUT2D eigenvalue weighted by Crippen LogP contribution is 2.16. The number of carbonyl (C=O) groups excluding carboxylic acids is 2. The van der Waals surface area contributed by atoms with Gasteiger partial charge in [-0.2, -0.15) is 0 Å². The molecule has 0 aliphatic rings. The van der Waals surface area contributed by atoms with Gasteiger partial charge in [-0.15, -0.1) is 0 Å². The number of carbonyl (C=O) groups is 3. The number of esters is 2. The van der Waals surface area contributed by atoms with Crippen molar-refractivity contribution in [3.05, 3.63) is 109 Å². The van der Waals surface area contributed by atoms with Crippen molar-refractivity contribution in [3.63, 3.8) is 0 Å². The fraction of sp³-hybridized carbons (Fsp3) is 0.691. The molecule has 2 unspecified atom stereocenters. The lowest BCUT2D eigenvalue weighted by atomic mass is 10.0. The van der Waals surface area contributed by atoms with Crippen molar-refractivity contribution in [1.82, 2.24) is 0 Å². The SMILES string of the molecule is CC/C=C\C/C=C\C/C=C\C/C=C\C/C=C\C/C=C\C/C=C\CCCCCCCCCCCCCCCC(=O)OC(COC(=O)CCCCCCCCC/C=C\C/C=C\CCCCC)COC(OCC[N+](C)(C)C)C(=O)O. The average Bonchev–Trinajstić information content (AvgIpc) is 3.40. The molecule has 2 atom stereocenters. The van der Waals surface area contributed by atoms with Crippen molar-refractivity contribution >= 4 is 17.9 Å². The van der Waals surface area contributed by atoms with Gasteiger partial charge >= 0.3 is 17.9 Å². The quantitative estimate of drug-likeness (QED) is 0.0211. The smallest absolute Gasteiger partial charge is 0.361 e. The van der Waals surface area contributed by atoms with Crippen LogP contribution in [0.15, 0.2) is 109 Å². The van der Waals surface area contributed by atoms with E-state index < -0.39 is 24.3 Å². The number of allylic oxidation sites excluding steroid dienone is 18. The molecule has 0 saturated heterocycles. The van der Waals surface area contributed by atoms with Crippen LogP contribution in [0.25, 0.3) is 0 Å². The van der Waals surface area contributed by atoms with Crippen LogP contribution in [0.1, 0.15) is 245 Å². The molecule has 0 aromatic heterocycles. The van der Waals surface area contributed by atoms with E-state index in [0.717, 1.165) is 103 Å². The van der Waals surface area contributed by atoms with Gasteiger partial charge < -0.3 is 28.5 Å². The van der Waals surface area contributed by atoms with Crippen LogP contribution in [-0.4, -0.2) is 87.4 Å². The van der Waals surface area contributed by atoms with E-state index in [1.165, 1.54) is 109 Å². The minimum absolute atomic E-state index is 0.182. The van der Waals surface area contributed by atoms with Crippen molar-refractivity contribution in [2.75, 3.05) is 47.5 Å². The molecule has 0 aliphatic carbocycles. The number of quaternary nitrogens is 1.